The summed E-state index contributed by atoms with van der Waals surface area (Å²) >= 11 is 0. The van der Waals surface area contributed by atoms with Crippen LogP contribution in [0.5, 0.6) is 5.75 Å². The molecule has 1 fully saturated rings. The molecule has 1 saturated heterocycles. The monoisotopic (exact) mass is 323 g/mol. The van der Waals surface area contributed by atoms with Crippen molar-refractivity contribution in [1.29, 1.82) is 0 Å². The van der Waals surface area contributed by atoms with Gasteiger partial charge in [0.05, 0.1) is 11.9 Å². The molecule has 3 rings (SSSR count). The zero-order chi connectivity index (χ0) is 16.2. The van der Waals surface area contributed by atoms with Gasteiger partial charge in [-0.05, 0) is 18.6 Å². The van der Waals surface area contributed by atoms with Crippen LogP contribution in [-0.4, -0.2) is 47.1 Å². The van der Waals surface area contributed by atoms with Crippen molar-refractivity contribution < 1.29 is 18.3 Å². The van der Waals surface area contributed by atoms with Gasteiger partial charge in [0.1, 0.15) is 5.75 Å². The second kappa shape index (κ2) is 6.59. The Morgan fingerprint density at radius 1 is 1.43 bits per heavy atom. The molecule has 0 unspecified atom stereocenters. The average molecular weight is 323 g/mol. The van der Waals surface area contributed by atoms with Gasteiger partial charge in [-0.25, -0.2) is 0 Å². The number of alkyl halides is 2. The lowest BCUT2D eigenvalue weighted by Gasteiger charge is -2.21. The summed E-state index contributed by atoms with van der Waals surface area (Å²) in [4.78, 5) is 13.8. The molecule has 0 aliphatic carbocycles. The summed E-state index contributed by atoms with van der Waals surface area (Å²) in [5.41, 5.74) is 0.802. The third-order valence-corrected chi connectivity index (χ3v) is 3.59. The molecule has 1 aliphatic rings. The SMILES string of the molecule is O=C(N[C@@H]1CCN(c2ccccc2OC(F)F)C1)c1cn[nH]n1. The second-order valence-corrected chi connectivity index (χ2v) is 5.11. The van der Waals surface area contributed by atoms with Crippen LogP contribution in [0.15, 0.2) is 30.5 Å². The summed E-state index contributed by atoms with van der Waals surface area (Å²) in [5.74, 6) is -0.186. The largest absolute Gasteiger partial charge is 0.433 e. The number of nitrogens with one attached hydrogen (secondary N) is 2. The predicted octanol–water partition coefficient (Wildman–Crippen LogP) is 1.41. The normalized spacial score (nSPS) is 17.5. The van der Waals surface area contributed by atoms with E-state index in [4.69, 9.17) is 0 Å². The highest BCUT2D eigenvalue weighted by molar-refractivity contribution is 5.92. The van der Waals surface area contributed by atoms with Crippen LogP contribution in [-0.2, 0) is 0 Å². The van der Waals surface area contributed by atoms with Gasteiger partial charge in [-0.2, -0.15) is 24.2 Å². The highest BCUT2D eigenvalue weighted by atomic mass is 19.3. The Morgan fingerprint density at radius 3 is 3.00 bits per heavy atom. The van der Waals surface area contributed by atoms with Crippen LogP contribution in [0.3, 0.4) is 0 Å². The van der Waals surface area contributed by atoms with Crippen molar-refractivity contribution in [2.75, 3.05) is 18.0 Å². The van der Waals surface area contributed by atoms with Gasteiger partial charge in [0, 0.05) is 19.1 Å². The number of carbonyl (C=O) groups excluding carboxylic acids is 1. The first-order valence-corrected chi connectivity index (χ1v) is 7.09. The van der Waals surface area contributed by atoms with E-state index in [1.54, 1.807) is 18.2 Å². The maximum Gasteiger partial charge on any atom is 0.387 e. The number of H-pyrrole nitrogens is 1. The number of benzene rings is 1. The first-order chi connectivity index (χ1) is 11.1. The smallest absolute Gasteiger partial charge is 0.387 e. The van der Waals surface area contributed by atoms with Crippen LogP contribution in [0.4, 0.5) is 14.5 Å². The standard InChI is InChI=1S/C14H15F2N5O2/c15-14(16)23-12-4-2-1-3-11(12)21-6-5-9(8-21)18-13(22)10-7-17-20-19-10/h1-4,7,9,14H,5-6,8H2,(H,18,22)(H,17,19,20)/t9-/m1/s1. The Kier molecular flexibility index (Phi) is 4.35. The molecule has 7 nitrogen and oxygen atoms in total. The number of halogens is 2. The van der Waals surface area contributed by atoms with E-state index in [9.17, 15) is 13.6 Å². The quantitative estimate of drug-likeness (QED) is 0.869. The van der Waals surface area contributed by atoms with Crippen molar-refractivity contribution in [2.45, 2.75) is 19.1 Å². The third kappa shape index (κ3) is 3.55. The van der Waals surface area contributed by atoms with Gasteiger partial charge in [-0.3, -0.25) is 4.79 Å². The van der Waals surface area contributed by atoms with Gasteiger partial charge < -0.3 is 15.0 Å². The molecule has 1 amide bonds. The van der Waals surface area contributed by atoms with Crippen LogP contribution in [0.2, 0.25) is 0 Å². The summed E-state index contributed by atoms with van der Waals surface area (Å²) in [6, 6.07) is 6.53. The summed E-state index contributed by atoms with van der Waals surface area (Å²) in [6.45, 7) is -1.73. The van der Waals surface area contributed by atoms with Gasteiger partial charge in [-0.1, -0.05) is 12.1 Å². The third-order valence-electron chi connectivity index (χ3n) is 3.59. The minimum atomic E-state index is -2.87. The van der Waals surface area contributed by atoms with Crippen molar-refractivity contribution in [2.24, 2.45) is 0 Å². The van der Waals surface area contributed by atoms with E-state index in [1.165, 1.54) is 12.3 Å². The van der Waals surface area contributed by atoms with Gasteiger partial charge in [0.25, 0.3) is 5.91 Å². The van der Waals surface area contributed by atoms with E-state index >= 15 is 0 Å². The number of rotatable bonds is 5. The zero-order valence-electron chi connectivity index (χ0n) is 12.1. The zero-order valence-corrected chi connectivity index (χ0v) is 12.1. The van der Waals surface area contributed by atoms with Crippen molar-refractivity contribution in [3.63, 3.8) is 0 Å². The molecule has 0 bridgehead atoms. The van der Waals surface area contributed by atoms with Crippen molar-refractivity contribution in [1.82, 2.24) is 20.7 Å². The second-order valence-electron chi connectivity index (χ2n) is 5.11. The highest BCUT2D eigenvalue weighted by Crippen LogP contribution is 2.31. The van der Waals surface area contributed by atoms with Gasteiger partial charge in [0.15, 0.2) is 5.69 Å². The van der Waals surface area contributed by atoms with Gasteiger partial charge in [0.2, 0.25) is 0 Å². The Bertz CT molecular complexity index is 665. The topological polar surface area (TPSA) is 83.1 Å². The molecule has 0 saturated carbocycles. The van der Waals surface area contributed by atoms with E-state index in [0.29, 0.717) is 25.2 Å². The number of aromatic nitrogens is 3. The summed E-state index contributed by atoms with van der Waals surface area (Å²) in [6.07, 6.45) is 2.04. The van der Waals surface area contributed by atoms with E-state index in [0.717, 1.165) is 0 Å². The molecule has 2 N–H and O–H groups in total. The molecule has 9 heteroatoms. The Labute approximate surface area is 130 Å². The number of ether oxygens (including phenoxy) is 1. The fraction of sp³-hybridized carbons (Fsp3) is 0.357. The molecule has 1 aromatic carbocycles. The van der Waals surface area contributed by atoms with Crippen molar-refractivity contribution in [3.05, 3.63) is 36.2 Å². The number of hydrogen-bond acceptors (Lipinski definition) is 5. The Balaban J connectivity index is 1.65. The van der Waals surface area contributed by atoms with Crippen LogP contribution in [0, 0.1) is 0 Å². The predicted molar refractivity (Wildman–Crippen MR) is 77.5 cm³/mol. The van der Waals surface area contributed by atoms with Crippen molar-refractivity contribution in [3.8, 4) is 5.75 Å². The van der Waals surface area contributed by atoms with Crippen molar-refractivity contribution >= 4 is 11.6 Å². The number of aromatic amines is 1. The number of anilines is 1. The molecule has 122 valence electrons. The number of amides is 1. The number of nitrogens with zero attached hydrogens (tertiary/aromatic N) is 3. The molecule has 1 atom stereocenters. The fourth-order valence-electron chi connectivity index (χ4n) is 2.58. The molecule has 23 heavy (non-hydrogen) atoms. The van der Waals surface area contributed by atoms with Crippen LogP contribution >= 0.6 is 0 Å². The maximum atomic E-state index is 12.5. The van der Waals surface area contributed by atoms with Gasteiger partial charge in [-0.15, -0.1) is 0 Å². The highest BCUT2D eigenvalue weighted by Gasteiger charge is 2.27. The van der Waals surface area contributed by atoms with E-state index in [2.05, 4.69) is 25.5 Å². The van der Waals surface area contributed by atoms with E-state index in [-0.39, 0.29) is 23.4 Å². The minimum Gasteiger partial charge on any atom is -0.433 e. The Morgan fingerprint density at radius 2 is 2.26 bits per heavy atom. The average Bonchev–Trinajstić information content (AvgIpc) is 3.18. The van der Waals surface area contributed by atoms with Crippen LogP contribution < -0.4 is 15.0 Å². The molecule has 1 aliphatic heterocycles. The van der Waals surface area contributed by atoms with E-state index in [1.807, 2.05) is 4.90 Å². The molecule has 2 aromatic rings. The minimum absolute atomic E-state index is 0.0983. The molecule has 2 heterocycles. The molecule has 0 radical (unpaired) electrons. The summed E-state index contributed by atoms with van der Waals surface area (Å²) in [5, 5.41) is 12.5. The number of hydrogen-bond donors (Lipinski definition) is 2. The van der Waals surface area contributed by atoms with Crippen LogP contribution in [0.1, 0.15) is 16.9 Å². The molecule has 0 spiro atoms. The lowest BCUT2D eigenvalue weighted by atomic mass is 10.2. The van der Waals surface area contributed by atoms with Gasteiger partial charge >= 0.3 is 6.61 Å². The Hall–Kier alpha value is -2.71. The first kappa shape index (κ1) is 15.2. The lowest BCUT2D eigenvalue weighted by molar-refractivity contribution is -0.0495. The number of para-hydroxylation sites is 2. The van der Waals surface area contributed by atoms with Crippen LogP contribution in [0.25, 0.3) is 0 Å². The fourth-order valence-corrected chi connectivity index (χ4v) is 2.58. The lowest BCUT2D eigenvalue weighted by Crippen LogP contribution is -2.37. The molecular weight excluding hydrogens is 308 g/mol. The molecular formula is C14H15F2N5O2. The molecule has 1 aromatic heterocycles. The summed E-state index contributed by atoms with van der Waals surface area (Å²) < 4.78 is 29.5. The first-order valence-electron chi connectivity index (χ1n) is 7.09. The van der Waals surface area contributed by atoms with E-state index < -0.39 is 6.61 Å². The number of carbonyl (C=O) groups is 1. The maximum absolute atomic E-state index is 12.5. The summed E-state index contributed by atoms with van der Waals surface area (Å²) in [7, 11) is 0.